The van der Waals surface area contributed by atoms with Crippen LogP contribution in [0.5, 0.6) is 0 Å². The molecule has 1 unspecified atom stereocenters. The Morgan fingerprint density at radius 2 is 2.04 bits per heavy atom. The Morgan fingerprint density at radius 1 is 1.35 bits per heavy atom. The quantitative estimate of drug-likeness (QED) is 0.494. The number of para-hydroxylation sites is 2. The molecule has 23 heavy (non-hydrogen) atoms. The number of nitro benzene ring substituents is 1. The Balaban J connectivity index is 2.09. The number of nitro groups is 1. The number of anilines is 1. The van der Waals surface area contributed by atoms with Crippen LogP contribution in [0.25, 0.3) is 0 Å². The molecular weight excluding hydrogens is 318 g/mol. The minimum atomic E-state index is -0.525. The lowest BCUT2D eigenvalue weighted by molar-refractivity contribution is -0.383. The van der Waals surface area contributed by atoms with Crippen LogP contribution < -0.4 is 5.32 Å². The highest BCUT2D eigenvalue weighted by atomic mass is 32.2. The van der Waals surface area contributed by atoms with E-state index < -0.39 is 10.2 Å². The summed E-state index contributed by atoms with van der Waals surface area (Å²) in [6.45, 7) is 5.70. The third kappa shape index (κ3) is 4.07. The molecule has 0 fully saturated rings. The molecule has 122 valence electrons. The lowest BCUT2D eigenvalue weighted by Gasteiger charge is -2.14. The number of benzene rings is 1. The lowest BCUT2D eigenvalue weighted by atomic mass is 10.2. The third-order valence-corrected chi connectivity index (χ3v) is 4.18. The van der Waals surface area contributed by atoms with Crippen LogP contribution in [0.15, 0.2) is 35.7 Å². The Bertz CT molecular complexity index is 716. The monoisotopic (exact) mass is 335 g/mol. The van der Waals surface area contributed by atoms with Crippen molar-refractivity contribution in [2.45, 2.75) is 37.2 Å². The van der Waals surface area contributed by atoms with E-state index in [9.17, 15) is 14.9 Å². The average molecular weight is 335 g/mol. The van der Waals surface area contributed by atoms with Gasteiger partial charge in [-0.2, -0.15) is 0 Å². The number of hydrogen-bond acceptors (Lipinski definition) is 6. The van der Waals surface area contributed by atoms with Crippen LogP contribution >= 0.6 is 11.8 Å². The zero-order chi connectivity index (χ0) is 17.0. The molecule has 9 heteroatoms. The van der Waals surface area contributed by atoms with Crippen molar-refractivity contribution in [1.29, 1.82) is 0 Å². The molecule has 8 nitrogen and oxygen atoms in total. The fourth-order valence-electron chi connectivity index (χ4n) is 1.86. The third-order valence-electron chi connectivity index (χ3n) is 3.11. The molecule has 0 saturated carbocycles. The predicted molar refractivity (Wildman–Crippen MR) is 87.5 cm³/mol. The first-order chi connectivity index (χ1) is 10.9. The smallest absolute Gasteiger partial charge is 0.292 e. The normalized spacial score (nSPS) is 12.2. The molecule has 1 atom stereocenters. The molecule has 1 aromatic heterocycles. The zero-order valence-electron chi connectivity index (χ0n) is 13.0. The van der Waals surface area contributed by atoms with Gasteiger partial charge in [0.15, 0.2) is 5.16 Å². The Morgan fingerprint density at radius 3 is 2.70 bits per heavy atom. The van der Waals surface area contributed by atoms with Crippen molar-refractivity contribution in [3.63, 3.8) is 0 Å². The maximum atomic E-state index is 12.3. The summed E-state index contributed by atoms with van der Waals surface area (Å²) in [4.78, 5) is 22.7. The van der Waals surface area contributed by atoms with Crippen molar-refractivity contribution in [2.24, 2.45) is 0 Å². The second kappa shape index (κ2) is 7.23. The fourth-order valence-corrected chi connectivity index (χ4v) is 2.81. The summed E-state index contributed by atoms with van der Waals surface area (Å²) in [7, 11) is 0. The van der Waals surface area contributed by atoms with Gasteiger partial charge in [-0.15, -0.1) is 10.2 Å². The number of nitrogens with zero attached hydrogens (tertiary/aromatic N) is 4. The minimum Gasteiger partial charge on any atom is -0.319 e. The maximum absolute atomic E-state index is 12.3. The number of nitrogens with one attached hydrogen (secondary N) is 1. The van der Waals surface area contributed by atoms with Gasteiger partial charge in [0.25, 0.3) is 5.69 Å². The molecule has 0 saturated heterocycles. The van der Waals surface area contributed by atoms with E-state index in [1.54, 1.807) is 25.4 Å². The van der Waals surface area contributed by atoms with Crippen molar-refractivity contribution in [2.75, 3.05) is 5.32 Å². The molecule has 0 aliphatic rings. The van der Waals surface area contributed by atoms with Crippen molar-refractivity contribution in [3.05, 3.63) is 40.7 Å². The van der Waals surface area contributed by atoms with Crippen molar-refractivity contribution in [3.8, 4) is 0 Å². The van der Waals surface area contributed by atoms with E-state index >= 15 is 0 Å². The van der Waals surface area contributed by atoms with Crippen molar-refractivity contribution < 1.29 is 9.72 Å². The van der Waals surface area contributed by atoms with Gasteiger partial charge < -0.3 is 9.88 Å². The van der Waals surface area contributed by atoms with Crippen LogP contribution in [0, 0.1) is 10.1 Å². The second-order valence-corrected chi connectivity index (χ2v) is 6.45. The highest BCUT2D eigenvalue weighted by molar-refractivity contribution is 8.00. The van der Waals surface area contributed by atoms with E-state index in [1.165, 1.54) is 23.9 Å². The molecule has 1 N–H and O–H groups in total. The molecular formula is C14H17N5O3S. The summed E-state index contributed by atoms with van der Waals surface area (Å²) in [5.41, 5.74) is 0.0451. The number of thioether (sulfide) groups is 1. The largest absolute Gasteiger partial charge is 0.319 e. The first-order valence-electron chi connectivity index (χ1n) is 7.00. The molecule has 0 spiro atoms. The topological polar surface area (TPSA) is 103 Å². The summed E-state index contributed by atoms with van der Waals surface area (Å²) in [5, 5.41) is 21.6. The maximum Gasteiger partial charge on any atom is 0.292 e. The van der Waals surface area contributed by atoms with E-state index in [4.69, 9.17) is 0 Å². The second-order valence-electron chi connectivity index (χ2n) is 5.14. The van der Waals surface area contributed by atoms with Gasteiger partial charge in [0.1, 0.15) is 12.0 Å². The number of carbonyl (C=O) groups excluding carboxylic acids is 1. The number of aromatic nitrogens is 3. The molecule has 0 aliphatic heterocycles. The van der Waals surface area contributed by atoms with E-state index in [1.807, 2.05) is 18.4 Å². The number of amides is 1. The van der Waals surface area contributed by atoms with Crippen LogP contribution in [0.2, 0.25) is 0 Å². The van der Waals surface area contributed by atoms with Gasteiger partial charge in [0.05, 0.1) is 10.2 Å². The van der Waals surface area contributed by atoms with Crippen LogP contribution in [0.3, 0.4) is 0 Å². The highest BCUT2D eigenvalue weighted by Crippen LogP contribution is 2.27. The summed E-state index contributed by atoms with van der Waals surface area (Å²) in [6, 6.07) is 6.22. The van der Waals surface area contributed by atoms with Crippen LogP contribution in [0.1, 0.15) is 26.8 Å². The number of rotatable bonds is 6. The Kier molecular flexibility index (Phi) is 5.32. The highest BCUT2D eigenvalue weighted by Gasteiger charge is 2.21. The van der Waals surface area contributed by atoms with Crippen molar-refractivity contribution >= 4 is 29.0 Å². The van der Waals surface area contributed by atoms with E-state index in [2.05, 4.69) is 15.5 Å². The van der Waals surface area contributed by atoms with E-state index in [0.717, 1.165) is 0 Å². The Hall–Kier alpha value is -2.42. The average Bonchev–Trinajstić information content (AvgIpc) is 2.95. The van der Waals surface area contributed by atoms with Gasteiger partial charge in [-0.3, -0.25) is 14.9 Å². The molecule has 1 aromatic carbocycles. The fraction of sp³-hybridized carbons (Fsp3) is 0.357. The molecule has 1 heterocycles. The van der Waals surface area contributed by atoms with Gasteiger partial charge in [-0.1, -0.05) is 23.9 Å². The van der Waals surface area contributed by atoms with Gasteiger partial charge in [-0.05, 0) is 26.8 Å². The SMILES string of the molecule is CC(Sc1nncn1C(C)C)C(=O)Nc1ccccc1[N+](=O)[O-]. The molecule has 0 aliphatic carbocycles. The van der Waals surface area contributed by atoms with Gasteiger partial charge in [0, 0.05) is 12.1 Å². The van der Waals surface area contributed by atoms with Crippen molar-refractivity contribution in [1.82, 2.24) is 14.8 Å². The lowest BCUT2D eigenvalue weighted by Crippen LogP contribution is -2.23. The van der Waals surface area contributed by atoms with E-state index in [0.29, 0.717) is 5.16 Å². The number of hydrogen-bond donors (Lipinski definition) is 1. The zero-order valence-corrected chi connectivity index (χ0v) is 13.8. The standard InChI is InChI=1S/C14H17N5O3S/c1-9(2)18-8-15-17-14(18)23-10(3)13(20)16-11-6-4-5-7-12(11)19(21)22/h4-10H,1-3H3,(H,16,20). The van der Waals surface area contributed by atoms with Crippen LogP contribution in [0.4, 0.5) is 11.4 Å². The summed E-state index contributed by atoms with van der Waals surface area (Å²) in [6.07, 6.45) is 1.61. The molecule has 1 amide bonds. The summed E-state index contributed by atoms with van der Waals surface area (Å²) in [5.74, 6) is -0.331. The molecule has 0 radical (unpaired) electrons. The van der Waals surface area contributed by atoms with Gasteiger partial charge >= 0.3 is 0 Å². The summed E-state index contributed by atoms with van der Waals surface area (Å²) < 4.78 is 1.86. The Labute approximate surface area is 137 Å². The summed E-state index contributed by atoms with van der Waals surface area (Å²) >= 11 is 1.25. The minimum absolute atomic E-state index is 0.136. The molecule has 2 rings (SSSR count). The first-order valence-corrected chi connectivity index (χ1v) is 7.88. The molecule has 2 aromatic rings. The first kappa shape index (κ1) is 16.9. The predicted octanol–water partition coefficient (Wildman–Crippen LogP) is 2.89. The number of carbonyl (C=O) groups is 1. The van der Waals surface area contributed by atoms with Gasteiger partial charge in [0.2, 0.25) is 5.91 Å². The van der Waals surface area contributed by atoms with Crippen LogP contribution in [-0.4, -0.2) is 30.8 Å². The van der Waals surface area contributed by atoms with E-state index in [-0.39, 0.29) is 23.3 Å². The van der Waals surface area contributed by atoms with Crippen LogP contribution in [-0.2, 0) is 4.79 Å². The van der Waals surface area contributed by atoms with Gasteiger partial charge in [-0.25, -0.2) is 0 Å². The molecule has 0 bridgehead atoms.